The summed E-state index contributed by atoms with van der Waals surface area (Å²) < 4.78 is 5.11. The molecule has 0 atom stereocenters. The highest BCUT2D eigenvalue weighted by atomic mass is 16.5. The predicted octanol–water partition coefficient (Wildman–Crippen LogP) is 2.18. The van der Waals surface area contributed by atoms with E-state index in [2.05, 4.69) is 15.3 Å². The number of methoxy groups -OCH3 is 1. The van der Waals surface area contributed by atoms with Gasteiger partial charge in [0.25, 0.3) is 5.91 Å². The van der Waals surface area contributed by atoms with Crippen molar-refractivity contribution in [2.75, 3.05) is 12.4 Å². The number of hydrogen-bond acceptors (Lipinski definition) is 4. The average molecular weight is 295 g/mol. The van der Waals surface area contributed by atoms with Gasteiger partial charge in [-0.05, 0) is 30.3 Å². The topological polar surface area (TPSA) is 84.1 Å². The fourth-order valence-electron chi connectivity index (χ4n) is 2.13. The Hall–Kier alpha value is -3.15. The normalized spacial score (nSPS) is 10.4. The SMILES string of the molecule is COc1ccc2[nH]cc(C(=O)Nc3cccnc3)c(=O)c2c1. The summed E-state index contributed by atoms with van der Waals surface area (Å²) in [5.74, 6) is 0.0711. The molecule has 22 heavy (non-hydrogen) atoms. The molecule has 3 rings (SSSR count). The lowest BCUT2D eigenvalue weighted by molar-refractivity contribution is 0.102. The maximum Gasteiger partial charge on any atom is 0.261 e. The number of ether oxygens (including phenoxy) is 1. The zero-order valence-electron chi connectivity index (χ0n) is 11.8. The van der Waals surface area contributed by atoms with Gasteiger partial charge >= 0.3 is 0 Å². The van der Waals surface area contributed by atoms with Crippen LogP contribution < -0.4 is 15.5 Å². The van der Waals surface area contributed by atoms with Crippen molar-refractivity contribution < 1.29 is 9.53 Å². The van der Waals surface area contributed by atoms with Crippen LogP contribution in [0.2, 0.25) is 0 Å². The van der Waals surface area contributed by atoms with E-state index in [-0.39, 0.29) is 11.0 Å². The lowest BCUT2D eigenvalue weighted by Gasteiger charge is -2.06. The Morgan fingerprint density at radius 2 is 2.18 bits per heavy atom. The molecule has 1 amide bonds. The molecule has 0 spiro atoms. The van der Waals surface area contributed by atoms with E-state index >= 15 is 0 Å². The summed E-state index contributed by atoms with van der Waals surface area (Å²) in [6.07, 6.45) is 4.52. The monoisotopic (exact) mass is 295 g/mol. The highest BCUT2D eigenvalue weighted by Gasteiger charge is 2.13. The van der Waals surface area contributed by atoms with E-state index in [1.807, 2.05) is 0 Å². The van der Waals surface area contributed by atoms with E-state index in [4.69, 9.17) is 4.74 Å². The summed E-state index contributed by atoms with van der Waals surface area (Å²) in [5, 5.41) is 3.04. The van der Waals surface area contributed by atoms with Crippen molar-refractivity contribution >= 4 is 22.5 Å². The van der Waals surface area contributed by atoms with Crippen molar-refractivity contribution in [1.82, 2.24) is 9.97 Å². The Bertz CT molecular complexity index is 888. The maximum absolute atomic E-state index is 12.5. The Labute approximate surface area is 125 Å². The number of amides is 1. The molecule has 2 heterocycles. The number of aromatic nitrogens is 2. The second kappa shape index (κ2) is 5.69. The fraction of sp³-hybridized carbons (Fsp3) is 0.0625. The van der Waals surface area contributed by atoms with Crippen molar-refractivity contribution in [3.8, 4) is 5.75 Å². The van der Waals surface area contributed by atoms with Gasteiger partial charge in [0.05, 0.1) is 19.0 Å². The summed E-state index contributed by atoms with van der Waals surface area (Å²) in [6, 6.07) is 8.48. The van der Waals surface area contributed by atoms with Crippen molar-refractivity contribution in [2.24, 2.45) is 0 Å². The van der Waals surface area contributed by atoms with E-state index in [9.17, 15) is 9.59 Å². The molecule has 0 aliphatic carbocycles. The summed E-state index contributed by atoms with van der Waals surface area (Å²) in [6.45, 7) is 0. The van der Waals surface area contributed by atoms with E-state index in [1.165, 1.54) is 19.5 Å². The number of pyridine rings is 2. The van der Waals surface area contributed by atoms with Gasteiger partial charge in [-0.15, -0.1) is 0 Å². The van der Waals surface area contributed by atoms with Crippen molar-refractivity contribution in [2.45, 2.75) is 0 Å². The van der Waals surface area contributed by atoms with E-state index in [0.29, 0.717) is 22.3 Å². The maximum atomic E-state index is 12.5. The summed E-state index contributed by atoms with van der Waals surface area (Å²) >= 11 is 0. The zero-order valence-corrected chi connectivity index (χ0v) is 11.8. The van der Waals surface area contributed by atoms with Gasteiger partial charge in [0.1, 0.15) is 11.3 Å². The van der Waals surface area contributed by atoms with E-state index in [1.54, 1.807) is 36.5 Å². The quantitative estimate of drug-likeness (QED) is 0.775. The third-order valence-electron chi connectivity index (χ3n) is 3.25. The molecule has 1 aromatic carbocycles. The van der Waals surface area contributed by atoms with Crippen LogP contribution in [0.1, 0.15) is 10.4 Å². The molecule has 110 valence electrons. The molecule has 0 radical (unpaired) electrons. The molecule has 2 N–H and O–H groups in total. The van der Waals surface area contributed by atoms with Gasteiger partial charge in [0.15, 0.2) is 0 Å². The molecule has 0 saturated carbocycles. The molecular weight excluding hydrogens is 282 g/mol. The van der Waals surface area contributed by atoms with E-state index in [0.717, 1.165) is 0 Å². The minimum atomic E-state index is -0.487. The third kappa shape index (κ3) is 2.54. The molecule has 2 aromatic heterocycles. The average Bonchev–Trinajstić information content (AvgIpc) is 2.56. The molecule has 6 nitrogen and oxygen atoms in total. The molecule has 0 unspecified atom stereocenters. The number of H-pyrrole nitrogens is 1. The van der Waals surface area contributed by atoms with Gasteiger partial charge in [0.2, 0.25) is 5.43 Å². The second-order valence-electron chi connectivity index (χ2n) is 4.64. The fourth-order valence-corrected chi connectivity index (χ4v) is 2.13. The van der Waals surface area contributed by atoms with Crippen molar-refractivity contribution in [3.63, 3.8) is 0 Å². The van der Waals surface area contributed by atoms with Crippen LogP contribution in [0.3, 0.4) is 0 Å². The molecule has 0 saturated heterocycles. The number of anilines is 1. The second-order valence-corrected chi connectivity index (χ2v) is 4.64. The molecule has 3 aromatic rings. The molecule has 0 aliphatic heterocycles. The van der Waals surface area contributed by atoms with Crippen LogP contribution in [0, 0.1) is 0 Å². The molecular formula is C16H13N3O3. The Morgan fingerprint density at radius 1 is 1.32 bits per heavy atom. The number of fused-ring (bicyclic) bond motifs is 1. The first kappa shape index (κ1) is 13.8. The van der Waals surface area contributed by atoms with Crippen LogP contribution in [0.25, 0.3) is 10.9 Å². The van der Waals surface area contributed by atoms with Crippen LogP contribution in [0.15, 0.2) is 53.7 Å². The Balaban J connectivity index is 2.02. The van der Waals surface area contributed by atoms with Crippen LogP contribution in [-0.4, -0.2) is 23.0 Å². The molecule has 0 fully saturated rings. The van der Waals surface area contributed by atoms with Gasteiger partial charge in [-0.25, -0.2) is 0 Å². The largest absolute Gasteiger partial charge is 0.497 e. The van der Waals surface area contributed by atoms with Gasteiger partial charge in [-0.2, -0.15) is 0 Å². The lowest BCUT2D eigenvalue weighted by atomic mass is 10.1. The minimum Gasteiger partial charge on any atom is -0.497 e. The zero-order chi connectivity index (χ0) is 15.5. The number of nitrogens with one attached hydrogen (secondary N) is 2. The summed E-state index contributed by atoms with van der Waals surface area (Å²) in [4.78, 5) is 31.6. The number of hydrogen-bond donors (Lipinski definition) is 2. The predicted molar refractivity (Wildman–Crippen MR) is 83.3 cm³/mol. The third-order valence-corrected chi connectivity index (χ3v) is 3.25. The van der Waals surface area contributed by atoms with Crippen LogP contribution >= 0.6 is 0 Å². The highest BCUT2D eigenvalue weighted by Crippen LogP contribution is 2.17. The number of carbonyl (C=O) groups excluding carboxylic acids is 1. The first-order chi connectivity index (χ1) is 10.7. The summed E-state index contributed by atoms with van der Waals surface area (Å²) in [5.41, 5.74) is 0.847. The highest BCUT2D eigenvalue weighted by molar-refractivity contribution is 6.05. The first-order valence-electron chi connectivity index (χ1n) is 6.60. The number of carbonyl (C=O) groups is 1. The summed E-state index contributed by atoms with van der Waals surface area (Å²) in [7, 11) is 1.52. The number of rotatable bonds is 3. The lowest BCUT2D eigenvalue weighted by Crippen LogP contribution is -2.22. The Kier molecular flexibility index (Phi) is 3.57. The molecule has 0 bridgehead atoms. The van der Waals surface area contributed by atoms with Gasteiger partial charge in [0, 0.05) is 23.3 Å². The minimum absolute atomic E-state index is 0.0320. The standard InChI is InChI=1S/C16H13N3O3/c1-22-11-4-5-14-12(7-11)15(20)13(9-18-14)16(21)19-10-3-2-6-17-8-10/h2-9H,1H3,(H,18,20)(H,19,21). The molecule has 6 heteroatoms. The van der Waals surface area contributed by atoms with Crippen molar-refractivity contribution in [3.05, 3.63) is 64.7 Å². The number of aromatic amines is 1. The van der Waals surface area contributed by atoms with E-state index < -0.39 is 5.91 Å². The van der Waals surface area contributed by atoms with Gasteiger partial charge < -0.3 is 15.0 Å². The smallest absolute Gasteiger partial charge is 0.261 e. The van der Waals surface area contributed by atoms with Gasteiger partial charge in [-0.1, -0.05) is 0 Å². The number of benzene rings is 1. The number of nitrogens with zero attached hydrogens (tertiary/aromatic N) is 1. The Morgan fingerprint density at radius 3 is 2.91 bits per heavy atom. The van der Waals surface area contributed by atoms with Crippen molar-refractivity contribution in [1.29, 1.82) is 0 Å². The van der Waals surface area contributed by atoms with Crippen LogP contribution in [-0.2, 0) is 0 Å². The van der Waals surface area contributed by atoms with Crippen LogP contribution in [0.5, 0.6) is 5.75 Å². The van der Waals surface area contributed by atoms with Crippen LogP contribution in [0.4, 0.5) is 5.69 Å². The van der Waals surface area contributed by atoms with Gasteiger partial charge in [-0.3, -0.25) is 14.6 Å². The molecule has 0 aliphatic rings. The first-order valence-corrected chi connectivity index (χ1v) is 6.60.